The van der Waals surface area contributed by atoms with E-state index in [9.17, 15) is 9.59 Å². The lowest BCUT2D eigenvalue weighted by Crippen LogP contribution is -2.38. The van der Waals surface area contributed by atoms with Crippen LogP contribution in [0.15, 0.2) is 48.3 Å². The summed E-state index contributed by atoms with van der Waals surface area (Å²) in [7, 11) is 1.68. The van der Waals surface area contributed by atoms with E-state index >= 15 is 0 Å². The molecule has 0 bridgehead atoms. The molecule has 2 aromatic rings. The number of halogens is 1. The van der Waals surface area contributed by atoms with Crippen LogP contribution in [0.25, 0.3) is 0 Å². The third-order valence-corrected chi connectivity index (χ3v) is 5.15. The maximum Gasteiger partial charge on any atom is 0.261 e. The number of benzene rings is 1. The van der Waals surface area contributed by atoms with Crippen LogP contribution in [0.1, 0.15) is 9.67 Å². The number of carbonyl (C=O) groups is 2. The van der Waals surface area contributed by atoms with E-state index in [1.165, 1.54) is 16.2 Å². The topological polar surface area (TPSA) is 103 Å². The molecule has 2 heterocycles. The predicted molar refractivity (Wildman–Crippen MR) is 107 cm³/mol. The summed E-state index contributed by atoms with van der Waals surface area (Å²) in [5, 5.41) is 4.60. The van der Waals surface area contributed by atoms with Crippen LogP contribution >= 0.6 is 22.9 Å². The standard InChI is InChI=1S/C17H19ClN6O2S/c1-23(16(25)8-19)12-2-4-13(5-3-12)24-10-11(21-22-24)9-20-17(26)14-6-7-15(18)27-14/h2-7,10,21-22H,8-9,19H2,1H3,(H,20,26). The van der Waals surface area contributed by atoms with Gasteiger partial charge in [-0.3, -0.25) is 14.6 Å². The van der Waals surface area contributed by atoms with E-state index in [1.54, 1.807) is 24.2 Å². The van der Waals surface area contributed by atoms with E-state index in [0.29, 0.717) is 15.8 Å². The van der Waals surface area contributed by atoms with Crippen molar-refractivity contribution in [2.75, 3.05) is 30.0 Å². The van der Waals surface area contributed by atoms with Gasteiger partial charge in [0.15, 0.2) is 0 Å². The summed E-state index contributed by atoms with van der Waals surface area (Å²) in [5.41, 5.74) is 13.8. The summed E-state index contributed by atoms with van der Waals surface area (Å²) in [4.78, 5) is 25.8. The number of hydrazine groups is 2. The molecule has 142 valence electrons. The Kier molecular flexibility index (Phi) is 5.97. The van der Waals surface area contributed by atoms with Crippen LogP contribution in [-0.2, 0) is 4.79 Å². The molecule has 0 saturated carbocycles. The van der Waals surface area contributed by atoms with Gasteiger partial charge >= 0.3 is 0 Å². The Balaban J connectivity index is 1.58. The molecule has 1 aromatic carbocycles. The molecule has 1 aromatic heterocycles. The molecule has 2 amide bonds. The summed E-state index contributed by atoms with van der Waals surface area (Å²) in [5.74, 6) is -0.335. The molecule has 0 aliphatic carbocycles. The Labute approximate surface area is 165 Å². The average molecular weight is 407 g/mol. The molecule has 27 heavy (non-hydrogen) atoms. The van der Waals surface area contributed by atoms with Crippen LogP contribution in [0.4, 0.5) is 11.4 Å². The summed E-state index contributed by atoms with van der Waals surface area (Å²) >= 11 is 7.08. The fraction of sp³-hybridized carbons (Fsp3) is 0.176. The zero-order chi connectivity index (χ0) is 19.4. The third-order valence-electron chi connectivity index (χ3n) is 3.92. The van der Waals surface area contributed by atoms with E-state index in [2.05, 4.69) is 16.3 Å². The smallest absolute Gasteiger partial charge is 0.261 e. The highest BCUT2D eigenvalue weighted by atomic mass is 35.5. The van der Waals surface area contributed by atoms with Gasteiger partial charge in [-0.2, -0.15) is 0 Å². The lowest BCUT2D eigenvalue weighted by atomic mass is 10.2. The van der Waals surface area contributed by atoms with Gasteiger partial charge in [0.2, 0.25) is 5.91 Å². The maximum absolute atomic E-state index is 12.1. The van der Waals surface area contributed by atoms with Crippen molar-refractivity contribution in [2.24, 2.45) is 5.73 Å². The first kappa shape index (κ1) is 19.2. The molecule has 5 N–H and O–H groups in total. The monoisotopic (exact) mass is 406 g/mol. The molecule has 8 nitrogen and oxygen atoms in total. The number of anilines is 2. The molecule has 0 atom stereocenters. The zero-order valence-electron chi connectivity index (χ0n) is 14.5. The number of hydrogen-bond donors (Lipinski definition) is 4. The van der Waals surface area contributed by atoms with Crippen molar-refractivity contribution < 1.29 is 9.59 Å². The van der Waals surface area contributed by atoms with Crippen molar-refractivity contribution in [3.8, 4) is 0 Å². The van der Waals surface area contributed by atoms with Crippen LogP contribution in [0.2, 0.25) is 4.34 Å². The highest BCUT2D eigenvalue weighted by Crippen LogP contribution is 2.22. The van der Waals surface area contributed by atoms with Crippen LogP contribution in [0, 0.1) is 0 Å². The number of nitrogens with two attached hydrogens (primary N) is 1. The Morgan fingerprint density at radius 1 is 1.26 bits per heavy atom. The van der Waals surface area contributed by atoms with Crippen molar-refractivity contribution >= 4 is 46.1 Å². The first-order valence-corrected chi connectivity index (χ1v) is 9.29. The minimum atomic E-state index is -0.176. The summed E-state index contributed by atoms with van der Waals surface area (Å²) < 4.78 is 0.577. The predicted octanol–water partition coefficient (Wildman–Crippen LogP) is 1.42. The summed E-state index contributed by atoms with van der Waals surface area (Å²) in [6.45, 7) is 0.301. The first-order valence-electron chi connectivity index (χ1n) is 8.09. The molecule has 0 unspecified atom stereocenters. The second kappa shape index (κ2) is 8.40. The largest absolute Gasteiger partial charge is 0.346 e. The normalized spacial score (nSPS) is 13.1. The Morgan fingerprint density at radius 3 is 2.63 bits per heavy atom. The fourth-order valence-corrected chi connectivity index (χ4v) is 3.36. The van der Waals surface area contributed by atoms with Gasteiger partial charge in [0.05, 0.1) is 33.7 Å². The van der Waals surface area contributed by atoms with Gasteiger partial charge in [0, 0.05) is 18.9 Å². The molecule has 10 heteroatoms. The van der Waals surface area contributed by atoms with Gasteiger partial charge in [-0.1, -0.05) is 11.6 Å². The quantitative estimate of drug-likeness (QED) is 0.578. The van der Waals surface area contributed by atoms with Gasteiger partial charge in [0.25, 0.3) is 5.91 Å². The summed E-state index contributed by atoms with van der Waals surface area (Å²) in [6.07, 6.45) is 1.84. The van der Waals surface area contributed by atoms with Crippen molar-refractivity contribution in [2.45, 2.75) is 0 Å². The highest BCUT2D eigenvalue weighted by Gasteiger charge is 2.16. The number of amides is 2. The average Bonchev–Trinajstić information content (AvgIpc) is 3.34. The molecule has 1 aliphatic heterocycles. The van der Waals surface area contributed by atoms with E-state index in [4.69, 9.17) is 17.3 Å². The number of nitrogens with one attached hydrogen (secondary N) is 3. The van der Waals surface area contributed by atoms with Crippen molar-refractivity contribution in [3.05, 3.63) is 57.5 Å². The zero-order valence-corrected chi connectivity index (χ0v) is 16.1. The fourth-order valence-electron chi connectivity index (χ4n) is 2.40. The minimum Gasteiger partial charge on any atom is -0.346 e. The Hall–Kier alpha value is -2.59. The summed E-state index contributed by atoms with van der Waals surface area (Å²) in [6, 6.07) is 10.8. The number of likely N-dealkylation sites (N-methyl/N-ethyl adjacent to an activating group) is 1. The van der Waals surface area contributed by atoms with Crippen molar-refractivity contribution in [3.63, 3.8) is 0 Å². The Morgan fingerprint density at radius 2 is 2.00 bits per heavy atom. The van der Waals surface area contributed by atoms with Gasteiger partial charge in [-0.15, -0.1) is 16.9 Å². The van der Waals surface area contributed by atoms with Crippen LogP contribution < -0.4 is 31.9 Å². The number of nitrogens with zero attached hydrogens (tertiary/aromatic N) is 2. The first-order chi connectivity index (χ1) is 13.0. The second-order valence-electron chi connectivity index (χ2n) is 5.72. The number of thiophene rings is 1. The molecule has 0 saturated heterocycles. The molecular formula is C17H19ClN6O2S. The molecule has 0 radical (unpaired) electrons. The Bertz CT molecular complexity index is 867. The number of rotatable bonds is 6. The van der Waals surface area contributed by atoms with Gasteiger partial charge in [0.1, 0.15) is 0 Å². The van der Waals surface area contributed by atoms with Crippen LogP contribution in [-0.4, -0.2) is 32.0 Å². The van der Waals surface area contributed by atoms with E-state index in [0.717, 1.165) is 17.1 Å². The van der Waals surface area contributed by atoms with Gasteiger partial charge in [-0.05, 0) is 36.4 Å². The van der Waals surface area contributed by atoms with Crippen molar-refractivity contribution in [1.29, 1.82) is 0 Å². The minimum absolute atomic E-state index is 0.0364. The molecule has 0 fully saturated rings. The van der Waals surface area contributed by atoms with E-state index < -0.39 is 0 Å². The van der Waals surface area contributed by atoms with E-state index in [-0.39, 0.29) is 18.4 Å². The molecule has 3 rings (SSSR count). The second-order valence-corrected chi connectivity index (χ2v) is 7.44. The molecule has 0 spiro atoms. The van der Waals surface area contributed by atoms with Gasteiger partial charge < -0.3 is 21.4 Å². The van der Waals surface area contributed by atoms with Gasteiger partial charge in [-0.25, -0.2) is 0 Å². The number of hydrogen-bond acceptors (Lipinski definition) is 7. The SMILES string of the molecule is CN(C(=O)CN)c1ccc(N2C=C(CNC(=O)c3ccc(Cl)s3)NN2)cc1. The number of carbonyl (C=O) groups excluding carboxylic acids is 2. The highest BCUT2D eigenvalue weighted by molar-refractivity contribution is 7.18. The third kappa shape index (κ3) is 4.58. The molecular weight excluding hydrogens is 388 g/mol. The van der Waals surface area contributed by atoms with Crippen LogP contribution in [0.3, 0.4) is 0 Å². The lowest BCUT2D eigenvalue weighted by molar-refractivity contribution is -0.117. The molecule has 1 aliphatic rings. The van der Waals surface area contributed by atoms with E-state index in [1.807, 2.05) is 30.5 Å². The lowest BCUT2D eigenvalue weighted by Gasteiger charge is -2.19. The maximum atomic E-state index is 12.1. The van der Waals surface area contributed by atoms with Crippen LogP contribution in [0.5, 0.6) is 0 Å². The van der Waals surface area contributed by atoms with Crippen molar-refractivity contribution in [1.82, 2.24) is 16.3 Å².